The SMILES string of the molecule is Cc1[nH]nc2c1C(C)(c1cccc(C#N)c1)C1=C(CC(C)(Cn3nc4c(c3C)[C@](C)(c3cccc(C#N)c3)C3=C(CC(C)(C)CC3=O)N4)CC1=O)N2. The summed E-state index contributed by atoms with van der Waals surface area (Å²) in [6.07, 6.45) is 2.01. The Labute approximate surface area is 303 Å². The molecule has 3 N–H and O–H groups in total. The van der Waals surface area contributed by atoms with E-state index in [1.807, 2.05) is 54.9 Å². The van der Waals surface area contributed by atoms with Gasteiger partial charge >= 0.3 is 0 Å². The number of anilines is 2. The van der Waals surface area contributed by atoms with Crippen molar-refractivity contribution in [3.05, 3.63) is 116 Å². The van der Waals surface area contributed by atoms with Crippen molar-refractivity contribution < 1.29 is 9.59 Å². The number of hydrogen-bond donors (Lipinski definition) is 3. The lowest BCUT2D eigenvalue weighted by Gasteiger charge is -2.45. The minimum Gasteiger partial charge on any atom is -0.342 e. The van der Waals surface area contributed by atoms with Gasteiger partial charge in [0.1, 0.15) is 0 Å². The number of nitriles is 2. The van der Waals surface area contributed by atoms with E-state index in [1.54, 1.807) is 12.1 Å². The Morgan fingerprint density at radius 3 is 1.92 bits per heavy atom. The van der Waals surface area contributed by atoms with Crippen LogP contribution in [0.5, 0.6) is 0 Å². The minimum absolute atomic E-state index is 0.0446. The molecule has 0 radical (unpaired) electrons. The quantitative estimate of drug-likeness (QED) is 0.200. The lowest BCUT2D eigenvalue weighted by atomic mass is 9.61. The number of ketones is 2. The van der Waals surface area contributed by atoms with Gasteiger partial charge in [-0.2, -0.15) is 20.7 Å². The van der Waals surface area contributed by atoms with Gasteiger partial charge in [0.2, 0.25) is 0 Å². The van der Waals surface area contributed by atoms with Crippen LogP contribution in [-0.2, 0) is 27.0 Å². The van der Waals surface area contributed by atoms with Crippen LogP contribution in [0.3, 0.4) is 0 Å². The largest absolute Gasteiger partial charge is 0.342 e. The van der Waals surface area contributed by atoms with Crippen LogP contribution >= 0.6 is 0 Å². The number of carbonyl (C=O) groups is 2. The maximum atomic E-state index is 14.6. The molecular formula is C42H42N8O2. The van der Waals surface area contributed by atoms with Crippen LogP contribution in [0.15, 0.2) is 71.1 Å². The Morgan fingerprint density at radius 1 is 0.750 bits per heavy atom. The summed E-state index contributed by atoms with van der Waals surface area (Å²) in [5.74, 6) is 1.54. The van der Waals surface area contributed by atoms with E-state index < -0.39 is 16.2 Å². The first-order chi connectivity index (χ1) is 24.6. The van der Waals surface area contributed by atoms with Crippen LogP contribution < -0.4 is 10.6 Å². The predicted octanol–water partition coefficient (Wildman–Crippen LogP) is 7.40. The first-order valence-corrected chi connectivity index (χ1v) is 17.8. The number of H-pyrrole nitrogens is 1. The highest BCUT2D eigenvalue weighted by Crippen LogP contribution is 2.56. The second-order valence-electron chi connectivity index (χ2n) is 16.7. The molecule has 2 aromatic carbocycles. The topological polar surface area (TPSA) is 152 Å². The predicted molar refractivity (Wildman–Crippen MR) is 197 cm³/mol. The molecule has 2 aliphatic heterocycles. The van der Waals surface area contributed by atoms with Crippen molar-refractivity contribution >= 4 is 23.2 Å². The zero-order chi connectivity index (χ0) is 37.0. The lowest BCUT2D eigenvalue weighted by Crippen LogP contribution is -2.44. The lowest BCUT2D eigenvalue weighted by molar-refractivity contribution is -0.119. The van der Waals surface area contributed by atoms with Crippen molar-refractivity contribution in [2.45, 2.75) is 91.5 Å². The smallest absolute Gasteiger partial charge is 0.162 e. The maximum absolute atomic E-state index is 14.6. The normalized spacial score (nSPS) is 25.9. The van der Waals surface area contributed by atoms with Crippen molar-refractivity contribution in [1.29, 1.82) is 10.5 Å². The Kier molecular flexibility index (Phi) is 7.15. The average molecular weight is 691 g/mol. The number of aryl methyl sites for hydroxylation is 1. The fourth-order valence-electron chi connectivity index (χ4n) is 9.82. The minimum atomic E-state index is -0.837. The Morgan fingerprint density at radius 2 is 1.31 bits per heavy atom. The molecule has 0 spiro atoms. The second kappa shape index (κ2) is 11.1. The Balaban J connectivity index is 1.22. The van der Waals surface area contributed by atoms with Gasteiger partial charge in [-0.25, -0.2) is 0 Å². The molecule has 0 amide bonds. The van der Waals surface area contributed by atoms with Gasteiger partial charge in [0.25, 0.3) is 0 Å². The van der Waals surface area contributed by atoms with Crippen LogP contribution in [0.4, 0.5) is 11.6 Å². The molecule has 0 saturated heterocycles. The van der Waals surface area contributed by atoms with Gasteiger partial charge in [-0.15, -0.1) is 0 Å². The zero-order valence-electron chi connectivity index (χ0n) is 30.7. The summed E-state index contributed by atoms with van der Waals surface area (Å²) < 4.78 is 2.00. The highest BCUT2D eigenvalue weighted by Gasteiger charge is 2.52. The van der Waals surface area contributed by atoms with E-state index >= 15 is 0 Å². The van der Waals surface area contributed by atoms with Gasteiger partial charge in [0.05, 0.1) is 34.1 Å². The van der Waals surface area contributed by atoms with Crippen LogP contribution in [0.1, 0.15) is 105 Å². The summed E-state index contributed by atoms with van der Waals surface area (Å²) >= 11 is 0. The van der Waals surface area contributed by atoms with Crippen molar-refractivity contribution in [2.75, 3.05) is 10.6 Å². The molecule has 262 valence electrons. The molecule has 0 fully saturated rings. The summed E-state index contributed by atoms with van der Waals surface area (Å²) in [6, 6.07) is 19.6. The third kappa shape index (κ3) is 4.74. The molecule has 2 aliphatic carbocycles. The monoisotopic (exact) mass is 690 g/mol. The van der Waals surface area contributed by atoms with Gasteiger partial charge in [-0.1, -0.05) is 45.0 Å². The highest BCUT2D eigenvalue weighted by atomic mass is 16.1. The van der Waals surface area contributed by atoms with Gasteiger partial charge < -0.3 is 10.6 Å². The fraction of sp³-hybridized carbons (Fsp3) is 0.381. The molecule has 0 bridgehead atoms. The van der Waals surface area contributed by atoms with Gasteiger partial charge in [0.15, 0.2) is 23.2 Å². The summed E-state index contributed by atoms with van der Waals surface area (Å²) in [5, 5.41) is 39.6. The van der Waals surface area contributed by atoms with Crippen LogP contribution in [0.25, 0.3) is 0 Å². The number of aromatic amines is 1. The van der Waals surface area contributed by atoms with Crippen LogP contribution in [0.2, 0.25) is 0 Å². The number of nitrogens with one attached hydrogen (secondary N) is 3. The first-order valence-electron chi connectivity index (χ1n) is 17.8. The van der Waals surface area contributed by atoms with Crippen LogP contribution in [-0.4, -0.2) is 31.5 Å². The first kappa shape index (κ1) is 33.4. The number of hydrogen-bond acceptors (Lipinski definition) is 8. The number of aromatic nitrogens is 4. The van der Waals surface area contributed by atoms with E-state index in [0.29, 0.717) is 60.6 Å². The molecule has 52 heavy (non-hydrogen) atoms. The van der Waals surface area contributed by atoms with Crippen LogP contribution in [0, 0.1) is 47.3 Å². The molecule has 0 saturated carbocycles. The third-order valence-electron chi connectivity index (χ3n) is 12.0. The van der Waals surface area contributed by atoms with Crippen molar-refractivity contribution in [1.82, 2.24) is 20.0 Å². The molecular weight excluding hydrogens is 649 g/mol. The molecule has 4 aromatic rings. The molecule has 8 rings (SSSR count). The second-order valence-corrected chi connectivity index (χ2v) is 16.7. The molecule has 3 atom stereocenters. The fourth-order valence-corrected chi connectivity index (χ4v) is 9.82. The van der Waals surface area contributed by atoms with Gasteiger partial charge in [0, 0.05) is 64.4 Å². The van der Waals surface area contributed by atoms with Crippen molar-refractivity contribution in [2.24, 2.45) is 10.8 Å². The standard InChI is InChI=1S/C42H42N8O2/c1-23-33-37(48-47-23)45-30-17-40(5,19-32(52)36(30)41(33,6)27-12-8-10-25(14-27)20-43)22-50-24(2)34-38(49-50)46-29-16-39(3,4)18-31(51)35(29)42(34,7)28-13-9-11-26(15-28)21-44/h8-15H,16-19,22H2,1-7H3,(H,46,49)(H2,45,47,48)/t40?,41?,42-/m0/s1. The molecule has 4 heterocycles. The molecule has 4 aliphatic rings. The zero-order valence-corrected chi connectivity index (χ0v) is 30.7. The van der Waals surface area contributed by atoms with E-state index in [4.69, 9.17) is 5.10 Å². The molecule has 10 nitrogen and oxygen atoms in total. The molecule has 10 heteroatoms. The van der Waals surface area contributed by atoms with E-state index in [-0.39, 0.29) is 17.0 Å². The van der Waals surface area contributed by atoms with E-state index in [2.05, 4.69) is 67.6 Å². The van der Waals surface area contributed by atoms with E-state index in [9.17, 15) is 20.1 Å². The summed E-state index contributed by atoms with van der Waals surface area (Å²) in [6.45, 7) is 15.0. The third-order valence-corrected chi connectivity index (χ3v) is 12.0. The maximum Gasteiger partial charge on any atom is 0.162 e. The van der Waals surface area contributed by atoms with Crippen molar-refractivity contribution in [3.8, 4) is 12.1 Å². The average Bonchev–Trinajstić information content (AvgIpc) is 3.61. The number of nitrogens with zero attached hydrogens (tertiary/aromatic N) is 5. The summed E-state index contributed by atoms with van der Waals surface area (Å²) in [4.78, 5) is 28.7. The number of rotatable bonds is 4. The molecule has 2 unspecified atom stereocenters. The van der Waals surface area contributed by atoms with Crippen molar-refractivity contribution in [3.63, 3.8) is 0 Å². The number of Topliss-reactive ketones (excluding diaryl/α,β-unsaturated/α-hetero) is 2. The Hall–Kier alpha value is -5.74. The highest BCUT2D eigenvalue weighted by molar-refractivity contribution is 6.04. The molecule has 2 aromatic heterocycles. The Bertz CT molecular complexity index is 2410. The number of fused-ring (bicyclic) bond motifs is 2. The van der Waals surface area contributed by atoms with Gasteiger partial charge in [-0.05, 0) is 86.8 Å². The summed E-state index contributed by atoms with van der Waals surface area (Å²) in [7, 11) is 0. The number of allylic oxidation sites excluding steroid dienone is 4. The summed E-state index contributed by atoms with van der Waals surface area (Å²) in [5.41, 5.74) is 7.21. The number of benzene rings is 2. The van der Waals surface area contributed by atoms with E-state index in [0.717, 1.165) is 50.6 Å². The van der Waals surface area contributed by atoms with E-state index in [1.165, 1.54) is 0 Å². The van der Waals surface area contributed by atoms with Gasteiger partial charge in [-0.3, -0.25) is 19.4 Å². The number of carbonyl (C=O) groups excluding carboxylic acids is 2.